The number of quaternary nitrogens is 1. The summed E-state index contributed by atoms with van der Waals surface area (Å²) in [5.41, 5.74) is 0. The molecule has 0 aromatic rings. The standard InChI is InChI=1S/C32H59NO6/c1-5-6-7-8-9-10-11-12-13-14-15-16-17-18-19-20-21-22-23-24-25-26-33(27(2)30(34)35,28(3)31(36)37)29(4)32(38)39/h13-14,27-29H,5-12,15-26H2,1-4H3,(H2-,34,35,36,37,38,39)/b14-13+. The lowest BCUT2D eigenvalue weighted by Crippen LogP contribution is -2.72. The van der Waals surface area contributed by atoms with Crippen molar-refractivity contribution in [1.29, 1.82) is 0 Å². The van der Waals surface area contributed by atoms with Gasteiger partial charge < -0.3 is 20.1 Å². The number of unbranched alkanes of at least 4 members (excludes halogenated alkanes) is 17. The van der Waals surface area contributed by atoms with Gasteiger partial charge in [0, 0.05) is 0 Å². The van der Waals surface area contributed by atoms with Crippen LogP contribution >= 0.6 is 0 Å². The minimum absolute atomic E-state index is 0.184. The second kappa shape index (κ2) is 22.9. The Kier molecular flexibility index (Phi) is 21.8. The molecule has 0 saturated carbocycles. The van der Waals surface area contributed by atoms with Gasteiger partial charge in [-0.25, -0.2) is 9.59 Å². The Hall–Kier alpha value is -1.89. The number of aliphatic carboxylic acids is 3. The third-order valence-electron chi connectivity index (χ3n) is 8.53. The maximum absolute atomic E-state index is 11.8. The van der Waals surface area contributed by atoms with Crippen LogP contribution in [0.1, 0.15) is 150 Å². The molecular weight excluding hydrogens is 494 g/mol. The lowest BCUT2D eigenvalue weighted by Gasteiger charge is -2.49. The van der Waals surface area contributed by atoms with E-state index in [4.69, 9.17) is 0 Å². The molecule has 0 aromatic heterocycles. The first kappa shape index (κ1) is 37.1. The zero-order valence-electron chi connectivity index (χ0n) is 25.5. The highest BCUT2D eigenvalue weighted by Gasteiger charge is 2.50. The van der Waals surface area contributed by atoms with E-state index in [1.54, 1.807) is 0 Å². The molecule has 228 valence electrons. The smallest absolute Gasteiger partial charge is 0.362 e. The van der Waals surface area contributed by atoms with Crippen molar-refractivity contribution < 1.29 is 34.2 Å². The quantitative estimate of drug-likeness (QED) is 0.0651. The molecule has 2 N–H and O–H groups in total. The van der Waals surface area contributed by atoms with Crippen molar-refractivity contribution in [2.45, 2.75) is 168 Å². The van der Waals surface area contributed by atoms with Crippen LogP contribution in [-0.4, -0.2) is 57.3 Å². The SMILES string of the molecule is CCCCCCCCC/C=C/CCCCCCCCCCCC[N+](C(C)C(=O)[O-])(C(C)C(=O)O)C(C)C(=O)O. The van der Waals surface area contributed by atoms with Gasteiger partial charge in [-0.05, 0) is 59.3 Å². The van der Waals surface area contributed by atoms with Gasteiger partial charge in [0.25, 0.3) is 0 Å². The van der Waals surface area contributed by atoms with Crippen LogP contribution in [0.2, 0.25) is 0 Å². The van der Waals surface area contributed by atoms with Crippen molar-refractivity contribution in [1.82, 2.24) is 0 Å². The number of carboxylic acids is 3. The summed E-state index contributed by atoms with van der Waals surface area (Å²) in [6.45, 7) is 6.60. The molecule has 0 aliphatic rings. The molecule has 39 heavy (non-hydrogen) atoms. The van der Waals surface area contributed by atoms with Crippen molar-refractivity contribution in [3.8, 4) is 0 Å². The summed E-state index contributed by atoms with van der Waals surface area (Å²) in [7, 11) is 0. The lowest BCUT2D eigenvalue weighted by molar-refractivity contribution is -0.969. The maximum atomic E-state index is 11.8. The molecule has 3 unspecified atom stereocenters. The van der Waals surface area contributed by atoms with Crippen LogP contribution in [0, 0.1) is 0 Å². The first-order valence-electron chi connectivity index (χ1n) is 15.8. The van der Waals surface area contributed by atoms with Gasteiger partial charge >= 0.3 is 11.9 Å². The highest BCUT2D eigenvalue weighted by molar-refractivity contribution is 5.76. The van der Waals surface area contributed by atoms with E-state index in [9.17, 15) is 29.7 Å². The molecule has 7 nitrogen and oxygen atoms in total. The molecule has 0 bridgehead atoms. The summed E-state index contributed by atoms with van der Waals surface area (Å²) in [5, 5.41) is 31.0. The van der Waals surface area contributed by atoms with Crippen LogP contribution in [-0.2, 0) is 14.4 Å². The Labute approximate surface area is 238 Å². The van der Waals surface area contributed by atoms with Gasteiger partial charge in [0.2, 0.25) is 0 Å². The summed E-state index contributed by atoms with van der Waals surface area (Å²) in [6.07, 6.45) is 27.6. The average Bonchev–Trinajstić information content (AvgIpc) is 2.90. The molecule has 0 fully saturated rings. The fourth-order valence-corrected chi connectivity index (χ4v) is 5.71. The van der Waals surface area contributed by atoms with Gasteiger partial charge in [0.15, 0.2) is 12.1 Å². The molecule has 0 rings (SSSR count). The van der Waals surface area contributed by atoms with Crippen LogP contribution in [0.4, 0.5) is 0 Å². The van der Waals surface area contributed by atoms with Crippen molar-refractivity contribution in [3.05, 3.63) is 12.2 Å². The predicted octanol–water partition coefficient (Wildman–Crippen LogP) is 6.88. The van der Waals surface area contributed by atoms with Crippen LogP contribution in [0.15, 0.2) is 12.2 Å². The summed E-state index contributed by atoms with van der Waals surface area (Å²) >= 11 is 0. The Morgan fingerprint density at radius 3 is 1.26 bits per heavy atom. The summed E-state index contributed by atoms with van der Waals surface area (Å²) in [6, 6.07) is -3.56. The van der Waals surface area contributed by atoms with E-state index in [-0.39, 0.29) is 6.54 Å². The molecular formula is C32H59NO6. The van der Waals surface area contributed by atoms with E-state index in [1.165, 1.54) is 111 Å². The summed E-state index contributed by atoms with van der Waals surface area (Å²) < 4.78 is -0.540. The largest absolute Gasteiger partial charge is 0.544 e. The zero-order chi connectivity index (χ0) is 29.5. The van der Waals surface area contributed by atoms with Crippen LogP contribution < -0.4 is 5.11 Å². The minimum atomic E-state index is -1.42. The number of rotatable bonds is 27. The van der Waals surface area contributed by atoms with Crippen molar-refractivity contribution >= 4 is 17.9 Å². The molecule has 0 amide bonds. The van der Waals surface area contributed by atoms with Crippen molar-refractivity contribution in [2.24, 2.45) is 0 Å². The average molecular weight is 554 g/mol. The molecule has 0 heterocycles. The van der Waals surface area contributed by atoms with Crippen LogP contribution in [0.25, 0.3) is 0 Å². The molecule has 0 aromatic carbocycles. The summed E-state index contributed by atoms with van der Waals surface area (Å²) in [4.78, 5) is 35.3. The normalized spacial score (nSPS) is 15.6. The second-order valence-corrected chi connectivity index (χ2v) is 11.4. The van der Waals surface area contributed by atoms with Gasteiger partial charge in [-0.15, -0.1) is 0 Å². The number of hydrogen-bond donors (Lipinski definition) is 2. The van der Waals surface area contributed by atoms with Gasteiger partial charge in [-0.2, -0.15) is 0 Å². The molecule has 0 saturated heterocycles. The van der Waals surface area contributed by atoms with Gasteiger partial charge in [0.1, 0.15) is 6.04 Å². The number of carboxylic acid groups (broad SMARTS) is 3. The highest BCUT2D eigenvalue weighted by atomic mass is 16.4. The molecule has 0 radical (unpaired) electrons. The van der Waals surface area contributed by atoms with Crippen LogP contribution in [0.5, 0.6) is 0 Å². The maximum Gasteiger partial charge on any atom is 0.362 e. The number of allylic oxidation sites excluding steroid dienone is 2. The fraction of sp³-hybridized carbons (Fsp3) is 0.844. The van der Waals surface area contributed by atoms with E-state index >= 15 is 0 Å². The van der Waals surface area contributed by atoms with E-state index in [2.05, 4.69) is 19.1 Å². The number of nitrogens with zero attached hydrogens (tertiary/aromatic N) is 1. The monoisotopic (exact) mass is 553 g/mol. The zero-order valence-corrected chi connectivity index (χ0v) is 25.5. The van der Waals surface area contributed by atoms with Crippen LogP contribution in [0.3, 0.4) is 0 Å². The predicted molar refractivity (Wildman–Crippen MR) is 156 cm³/mol. The third kappa shape index (κ3) is 15.5. The Bertz CT molecular complexity index is 642. The fourth-order valence-electron chi connectivity index (χ4n) is 5.71. The molecule has 0 aliphatic heterocycles. The summed E-state index contributed by atoms with van der Waals surface area (Å²) in [5.74, 6) is -3.82. The van der Waals surface area contributed by atoms with Crippen molar-refractivity contribution in [2.75, 3.05) is 6.54 Å². The molecule has 0 spiro atoms. The topological polar surface area (TPSA) is 115 Å². The second-order valence-electron chi connectivity index (χ2n) is 11.4. The van der Waals surface area contributed by atoms with E-state index in [0.29, 0.717) is 6.42 Å². The number of carbonyl (C=O) groups excluding carboxylic acids is 1. The first-order valence-corrected chi connectivity index (χ1v) is 15.8. The third-order valence-corrected chi connectivity index (χ3v) is 8.53. The van der Waals surface area contributed by atoms with Gasteiger partial charge in [-0.1, -0.05) is 103 Å². The number of hydrogen-bond acceptors (Lipinski definition) is 4. The first-order chi connectivity index (χ1) is 18.6. The van der Waals surface area contributed by atoms with Gasteiger partial charge in [0.05, 0.1) is 12.5 Å². The lowest BCUT2D eigenvalue weighted by atomic mass is 10.00. The Balaban J connectivity index is 4.05. The Morgan fingerprint density at radius 2 is 0.923 bits per heavy atom. The van der Waals surface area contributed by atoms with Gasteiger partial charge in [-0.3, -0.25) is 4.48 Å². The number of carbonyl (C=O) groups is 3. The Morgan fingerprint density at radius 1 is 0.590 bits per heavy atom. The van der Waals surface area contributed by atoms with E-state index in [0.717, 1.165) is 25.7 Å². The van der Waals surface area contributed by atoms with E-state index < -0.39 is 40.5 Å². The minimum Gasteiger partial charge on any atom is -0.544 e. The molecule has 0 aliphatic carbocycles. The highest BCUT2D eigenvalue weighted by Crippen LogP contribution is 2.27. The molecule has 7 heteroatoms. The molecule has 3 atom stereocenters. The van der Waals surface area contributed by atoms with Crippen molar-refractivity contribution in [3.63, 3.8) is 0 Å². The van der Waals surface area contributed by atoms with E-state index in [1.807, 2.05) is 0 Å².